The van der Waals surface area contributed by atoms with Crippen LogP contribution in [0.1, 0.15) is 24.1 Å². The molecule has 1 fully saturated rings. The third-order valence-corrected chi connectivity index (χ3v) is 7.53. The first kappa shape index (κ1) is 24.9. The molecular formula is C30H27ClN6O2. The van der Waals surface area contributed by atoms with E-state index in [2.05, 4.69) is 25.6 Å². The summed E-state index contributed by atoms with van der Waals surface area (Å²) < 4.78 is 1.48. The second-order valence-electron chi connectivity index (χ2n) is 9.92. The summed E-state index contributed by atoms with van der Waals surface area (Å²) >= 11 is 6.07. The number of aromatic nitrogens is 4. The van der Waals surface area contributed by atoms with Crippen LogP contribution < -0.4 is 16.2 Å². The number of fused-ring (bicyclic) bond motifs is 1. The zero-order valence-electron chi connectivity index (χ0n) is 21.2. The zero-order chi connectivity index (χ0) is 26.8. The van der Waals surface area contributed by atoms with Crippen LogP contribution in [0.25, 0.3) is 22.2 Å². The first-order valence-corrected chi connectivity index (χ1v) is 13.2. The molecule has 9 heteroatoms. The molecule has 0 bridgehead atoms. The van der Waals surface area contributed by atoms with Crippen LogP contribution in [0.3, 0.4) is 0 Å². The summed E-state index contributed by atoms with van der Waals surface area (Å²) in [6, 6.07) is 21.2. The van der Waals surface area contributed by atoms with Crippen molar-refractivity contribution in [2.45, 2.75) is 31.3 Å². The minimum Gasteiger partial charge on any atom is -0.365 e. The van der Waals surface area contributed by atoms with Gasteiger partial charge in [-0.3, -0.25) is 19.1 Å². The largest absolute Gasteiger partial charge is 0.365 e. The molecular weight excluding hydrogens is 512 g/mol. The first-order valence-electron chi connectivity index (χ1n) is 12.8. The SMILES string of the molecule is O=C(Cn1c(-c2ccccc2)cnc(NCC2(c3ccc(Cl)cc3)CC2)c1=O)NCc1cc2cnccc2[nH]1. The van der Waals surface area contributed by atoms with Crippen molar-refractivity contribution in [1.29, 1.82) is 0 Å². The van der Waals surface area contributed by atoms with Crippen LogP contribution in [-0.4, -0.2) is 32.0 Å². The van der Waals surface area contributed by atoms with Crippen molar-refractivity contribution in [3.05, 3.63) is 112 Å². The lowest BCUT2D eigenvalue weighted by molar-refractivity contribution is -0.121. The van der Waals surface area contributed by atoms with Gasteiger partial charge < -0.3 is 15.6 Å². The Bertz CT molecular complexity index is 1660. The smallest absolute Gasteiger partial charge is 0.294 e. The summed E-state index contributed by atoms with van der Waals surface area (Å²) in [5.41, 5.74) is 4.00. The number of H-pyrrole nitrogens is 1. The van der Waals surface area contributed by atoms with Gasteiger partial charge in [0.2, 0.25) is 5.91 Å². The average Bonchev–Trinajstić information content (AvgIpc) is 3.63. The zero-order valence-corrected chi connectivity index (χ0v) is 21.9. The monoisotopic (exact) mass is 538 g/mol. The fraction of sp³-hybridized carbons (Fsp3) is 0.200. The van der Waals surface area contributed by atoms with Crippen molar-refractivity contribution in [1.82, 2.24) is 24.8 Å². The van der Waals surface area contributed by atoms with Crippen LogP contribution >= 0.6 is 11.6 Å². The molecule has 5 aromatic rings. The van der Waals surface area contributed by atoms with E-state index < -0.39 is 0 Å². The number of hydrogen-bond donors (Lipinski definition) is 3. The quantitative estimate of drug-likeness (QED) is 0.247. The molecule has 39 heavy (non-hydrogen) atoms. The van der Waals surface area contributed by atoms with E-state index in [1.54, 1.807) is 18.6 Å². The van der Waals surface area contributed by atoms with Crippen molar-refractivity contribution in [3.8, 4) is 11.3 Å². The number of nitrogens with zero attached hydrogens (tertiary/aromatic N) is 3. The second-order valence-corrected chi connectivity index (χ2v) is 10.4. The van der Waals surface area contributed by atoms with Gasteiger partial charge in [0.1, 0.15) is 6.54 Å². The van der Waals surface area contributed by atoms with Crippen molar-refractivity contribution < 1.29 is 4.79 Å². The number of aromatic amines is 1. The summed E-state index contributed by atoms with van der Waals surface area (Å²) in [6.45, 7) is 0.746. The van der Waals surface area contributed by atoms with E-state index in [0.29, 0.717) is 23.8 Å². The predicted molar refractivity (Wildman–Crippen MR) is 153 cm³/mol. The lowest BCUT2D eigenvalue weighted by Gasteiger charge is -2.19. The molecule has 1 aliphatic carbocycles. The third kappa shape index (κ3) is 5.28. The molecule has 3 heterocycles. The fourth-order valence-electron chi connectivity index (χ4n) is 4.90. The minimum absolute atomic E-state index is 0.0475. The number of amides is 1. The van der Waals surface area contributed by atoms with Gasteiger partial charge in [0, 0.05) is 46.0 Å². The van der Waals surface area contributed by atoms with Crippen LogP contribution in [0.2, 0.25) is 5.02 Å². The van der Waals surface area contributed by atoms with Crippen molar-refractivity contribution in [2.24, 2.45) is 0 Å². The highest BCUT2D eigenvalue weighted by atomic mass is 35.5. The number of benzene rings is 2. The van der Waals surface area contributed by atoms with Gasteiger partial charge in [-0.2, -0.15) is 0 Å². The molecule has 3 N–H and O–H groups in total. The minimum atomic E-state index is -0.338. The predicted octanol–water partition coefficient (Wildman–Crippen LogP) is 4.90. The van der Waals surface area contributed by atoms with Gasteiger partial charge in [-0.25, -0.2) is 4.98 Å². The highest BCUT2D eigenvalue weighted by Crippen LogP contribution is 2.48. The number of carbonyl (C=O) groups excluding carboxylic acids is 1. The van der Waals surface area contributed by atoms with Crippen molar-refractivity contribution >= 4 is 34.2 Å². The van der Waals surface area contributed by atoms with Gasteiger partial charge in [0.25, 0.3) is 5.56 Å². The van der Waals surface area contributed by atoms with Crippen molar-refractivity contribution in [3.63, 3.8) is 0 Å². The summed E-state index contributed by atoms with van der Waals surface area (Å²) in [5.74, 6) is -0.0473. The van der Waals surface area contributed by atoms with E-state index in [1.807, 2.05) is 66.7 Å². The molecule has 0 unspecified atom stereocenters. The normalized spacial score (nSPS) is 13.8. The Hall–Kier alpha value is -4.43. The Morgan fingerprint density at radius 2 is 1.85 bits per heavy atom. The summed E-state index contributed by atoms with van der Waals surface area (Å²) in [7, 11) is 0. The Balaban J connectivity index is 1.22. The molecule has 0 atom stereocenters. The number of halogens is 1. The maximum Gasteiger partial charge on any atom is 0.294 e. The number of nitrogens with one attached hydrogen (secondary N) is 3. The molecule has 1 saturated carbocycles. The molecule has 1 amide bonds. The molecule has 1 aliphatic rings. The molecule has 2 aromatic carbocycles. The first-order chi connectivity index (χ1) is 19.0. The van der Waals surface area contributed by atoms with E-state index >= 15 is 0 Å². The van der Waals surface area contributed by atoms with Crippen molar-refractivity contribution in [2.75, 3.05) is 11.9 Å². The van der Waals surface area contributed by atoms with Gasteiger partial charge in [-0.1, -0.05) is 54.1 Å². The van der Waals surface area contributed by atoms with Crippen LogP contribution in [0.5, 0.6) is 0 Å². The van der Waals surface area contributed by atoms with E-state index in [-0.39, 0.29) is 29.2 Å². The maximum atomic E-state index is 13.6. The molecule has 0 radical (unpaired) electrons. The van der Waals surface area contributed by atoms with Crippen LogP contribution in [0.4, 0.5) is 5.82 Å². The third-order valence-electron chi connectivity index (χ3n) is 7.28. The Morgan fingerprint density at radius 1 is 1.05 bits per heavy atom. The Kier molecular flexibility index (Phi) is 6.62. The number of carbonyl (C=O) groups is 1. The summed E-state index contributed by atoms with van der Waals surface area (Å²) in [5, 5.41) is 7.87. The molecule has 0 spiro atoms. The molecule has 6 rings (SSSR count). The van der Waals surface area contributed by atoms with E-state index in [4.69, 9.17) is 11.6 Å². The van der Waals surface area contributed by atoms with Gasteiger partial charge >= 0.3 is 0 Å². The van der Waals surface area contributed by atoms with Gasteiger partial charge in [-0.15, -0.1) is 0 Å². The van der Waals surface area contributed by atoms with Gasteiger partial charge in [0.15, 0.2) is 5.82 Å². The van der Waals surface area contributed by atoms with Crippen LogP contribution in [0, 0.1) is 0 Å². The lowest BCUT2D eigenvalue weighted by Crippen LogP contribution is -2.35. The van der Waals surface area contributed by atoms with E-state index in [0.717, 1.165) is 35.0 Å². The Labute approximate surface area is 230 Å². The second kappa shape index (κ2) is 10.4. The molecule has 3 aromatic heterocycles. The number of pyridine rings is 1. The van der Waals surface area contributed by atoms with E-state index in [1.165, 1.54) is 10.1 Å². The lowest BCUT2D eigenvalue weighted by atomic mass is 9.96. The summed E-state index contributed by atoms with van der Waals surface area (Å²) in [4.78, 5) is 38.5. The van der Waals surface area contributed by atoms with Gasteiger partial charge in [-0.05, 0) is 48.2 Å². The maximum absolute atomic E-state index is 13.6. The fourth-order valence-corrected chi connectivity index (χ4v) is 5.03. The highest BCUT2D eigenvalue weighted by Gasteiger charge is 2.44. The highest BCUT2D eigenvalue weighted by molar-refractivity contribution is 6.30. The number of hydrogen-bond acceptors (Lipinski definition) is 5. The van der Waals surface area contributed by atoms with Crippen LogP contribution in [0.15, 0.2) is 90.1 Å². The number of rotatable bonds is 9. The average molecular weight is 539 g/mol. The standard InChI is InChI=1S/C30H27ClN6O2/c31-23-8-6-22(7-9-23)30(11-12-30)19-35-28-29(39)37(26(17-34-28)20-4-2-1-3-5-20)18-27(38)33-16-24-14-21-15-32-13-10-25(21)36-24/h1-10,13-15,17,36H,11-12,16,18-19H2,(H,33,38)(H,34,35). The molecule has 196 valence electrons. The van der Waals surface area contributed by atoms with E-state index in [9.17, 15) is 9.59 Å². The van der Waals surface area contributed by atoms with Crippen LogP contribution in [-0.2, 0) is 23.3 Å². The molecule has 0 aliphatic heterocycles. The number of anilines is 1. The molecule has 0 saturated heterocycles. The van der Waals surface area contributed by atoms with Gasteiger partial charge in [0.05, 0.1) is 18.4 Å². The Morgan fingerprint density at radius 3 is 2.59 bits per heavy atom. The summed E-state index contributed by atoms with van der Waals surface area (Å²) in [6.07, 6.45) is 7.18. The molecule has 8 nitrogen and oxygen atoms in total. The topological polar surface area (TPSA) is 105 Å².